The molecule has 0 aliphatic heterocycles. The molecule has 0 spiro atoms. The van der Waals surface area contributed by atoms with E-state index in [2.05, 4.69) is 0 Å². The summed E-state index contributed by atoms with van der Waals surface area (Å²) in [5.74, 6) is -2.81. The molecule has 0 amide bonds. The fourth-order valence-electron chi connectivity index (χ4n) is 0.773. The zero-order valence-electron chi connectivity index (χ0n) is 6.24. The summed E-state index contributed by atoms with van der Waals surface area (Å²) in [4.78, 5) is 20.5. The quantitative estimate of drug-likeness (QED) is 0.608. The summed E-state index contributed by atoms with van der Waals surface area (Å²) >= 11 is 0. The van der Waals surface area contributed by atoms with Gasteiger partial charge < -0.3 is 19.8 Å². The number of aromatic carboxylic acids is 2. The Bertz CT molecular complexity index is 305. The fourth-order valence-corrected chi connectivity index (χ4v) is 0.773. The molecule has 0 saturated carbocycles. The first-order valence-corrected chi connectivity index (χ1v) is 3.14. The second kappa shape index (κ2) is 4.81. The van der Waals surface area contributed by atoms with Gasteiger partial charge in [-0.3, -0.25) is 0 Å². The Morgan fingerprint density at radius 2 is 1.38 bits per heavy atom. The smallest absolute Gasteiger partial charge is 0.545 e. The van der Waals surface area contributed by atoms with Gasteiger partial charge in [-0.2, -0.15) is 0 Å². The van der Waals surface area contributed by atoms with Crippen molar-refractivity contribution in [1.82, 2.24) is 0 Å². The summed E-state index contributed by atoms with van der Waals surface area (Å²) < 4.78 is 0. The molecule has 0 aliphatic carbocycles. The first kappa shape index (κ1) is 11.9. The van der Waals surface area contributed by atoms with Crippen LogP contribution >= 0.6 is 0 Å². The van der Waals surface area contributed by atoms with Gasteiger partial charge >= 0.3 is 22.4 Å². The largest absolute Gasteiger partial charge is 2.00 e. The summed E-state index contributed by atoms with van der Waals surface area (Å²) in [6.07, 6.45) is 0. The third-order valence-electron chi connectivity index (χ3n) is 1.33. The van der Waals surface area contributed by atoms with E-state index in [0.29, 0.717) is 0 Å². The molecule has 0 saturated heterocycles. The SMILES string of the molecule is O=C([O-])c1cccc(C(=O)[O-])c1.[Ag+2]. The molecule has 71 valence electrons. The van der Waals surface area contributed by atoms with Gasteiger partial charge in [-0.1, -0.05) is 18.2 Å². The Labute approximate surface area is 89.7 Å². The van der Waals surface area contributed by atoms with Crippen LogP contribution in [0.1, 0.15) is 20.7 Å². The van der Waals surface area contributed by atoms with Crippen LogP contribution in [-0.4, -0.2) is 11.9 Å². The Kier molecular flexibility index (Phi) is 4.41. The van der Waals surface area contributed by atoms with Crippen molar-refractivity contribution in [1.29, 1.82) is 0 Å². The number of benzene rings is 1. The van der Waals surface area contributed by atoms with Gasteiger partial charge in [-0.25, -0.2) is 0 Å². The van der Waals surface area contributed by atoms with Crippen LogP contribution in [0, 0.1) is 0 Å². The maximum Gasteiger partial charge on any atom is 2.00 e. The molecule has 1 aromatic rings. The molecule has 4 nitrogen and oxygen atoms in total. The molecular formula is C8H4AgO4. The molecule has 1 aromatic carbocycles. The van der Waals surface area contributed by atoms with Crippen molar-refractivity contribution >= 4 is 11.9 Å². The molecule has 1 rings (SSSR count). The number of carboxylic acids is 2. The van der Waals surface area contributed by atoms with E-state index in [-0.39, 0.29) is 33.5 Å². The third kappa shape index (κ3) is 3.02. The van der Waals surface area contributed by atoms with Crippen molar-refractivity contribution < 1.29 is 42.2 Å². The average molecular weight is 272 g/mol. The second-order valence-electron chi connectivity index (χ2n) is 2.16. The second-order valence-corrected chi connectivity index (χ2v) is 2.16. The fraction of sp³-hybridized carbons (Fsp3) is 0. The minimum Gasteiger partial charge on any atom is -0.545 e. The van der Waals surface area contributed by atoms with Gasteiger partial charge in [0.2, 0.25) is 0 Å². The van der Waals surface area contributed by atoms with Gasteiger partial charge in [0.05, 0.1) is 11.9 Å². The number of carbonyl (C=O) groups excluding carboxylic acids is 2. The number of hydrogen-bond acceptors (Lipinski definition) is 4. The maximum absolute atomic E-state index is 10.3. The number of rotatable bonds is 2. The number of hydrogen-bond donors (Lipinski definition) is 0. The van der Waals surface area contributed by atoms with Crippen LogP contribution in [0.25, 0.3) is 0 Å². The molecular weight excluding hydrogens is 268 g/mol. The molecule has 0 fully saturated rings. The van der Waals surface area contributed by atoms with E-state index in [1.54, 1.807) is 0 Å². The minimum absolute atomic E-state index is 0. The summed E-state index contributed by atoms with van der Waals surface area (Å²) in [6.45, 7) is 0. The Morgan fingerprint density at radius 3 is 1.69 bits per heavy atom. The van der Waals surface area contributed by atoms with Gasteiger partial charge in [-0.05, 0) is 17.2 Å². The predicted octanol–water partition coefficient (Wildman–Crippen LogP) is -1.59. The molecule has 5 heteroatoms. The van der Waals surface area contributed by atoms with Crippen molar-refractivity contribution in [2.45, 2.75) is 0 Å². The topological polar surface area (TPSA) is 80.3 Å². The molecule has 13 heavy (non-hydrogen) atoms. The van der Waals surface area contributed by atoms with Gasteiger partial charge in [0.25, 0.3) is 0 Å². The molecule has 0 aromatic heterocycles. The first-order chi connectivity index (χ1) is 5.61. The van der Waals surface area contributed by atoms with Crippen LogP contribution in [0.2, 0.25) is 0 Å². The van der Waals surface area contributed by atoms with Crippen LogP contribution in [0.15, 0.2) is 24.3 Å². The summed E-state index contributed by atoms with van der Waals surface area (Å²) in [5.41, 5.74) is -0.339. The van der Waals surface area contributed by atoms with E-state index in [1.807, 2.05) is 0 Å². The summed E-state index contributed by atoms with van der Waals surface area (Å²) in [5, 5.41) is 20.5. The van der Waals surface area contributed by atoms with Gasteiger partial charge in [0.1, 0.15) is 0 Å². The standard InChI is InChI=1S/C8H6O4.Ag/c9-7(10)5-2-1-3-6(4-5)8(11)12;/h1-4H,(H,9,10)(H,11,12);/q;+2/p-2. The molecule has 1 radical (unpaired) electrons. The predicted molar refractivity (Wildman–Crippen MR) is 35.1 cm³/mol. The Hall–Kier alpha value is -1.10. The monoisotopic (exact) mass is 271 g/mol. The number of carbonyl (C=O) groups is 2. The van der Waals surface area contributed by atoms with Crippen molar-refractivity contribution in [3.63, 3.8) is 0 Å². The van der Waals surface area contributed by atoms with E-state index in [0.717, 1.165) is 6.07 Å². The van der Waals surface area contributed by atoms with Crippen LogP contribution < -0.4 is 10.2 Å². The molecule has 0 unspecified atom stereocenters. The molecule has 0 heterocycles. The van der Waals surface area contributed by atoms with Gasteiger partial charge in [0.15, 0.2) is 0 Å². The summed E-state index contributed by atoms with van der Waals surface area (Å²) in [6, 6.07) is 4.81. The zero-order chi connectivity index (χ0) is 9.14. The average Bonchev–Trinajstić information content (AvgIpc) is 2.04. The first-order valence-electron chi connectivity index (χ1n) is 3.14. The summed E-state index contributed by atoms with van der Waals surface area (Å²) in [7, 11) is 0. The van der Waals surface area contributed by atoms with Crippen molar-refractivity contribution in [2.75, 3.05) is 0 Å². The van der Waals surface area contributed by atoms with Crippen molar-refractivity contribution in [3.8, 4) is 0 Å². The Balaban J connectivity index is 0.00000144. The normalized spacial score (nSPS) is 8.62. The number of carboxylic acid groups (broad SMARTS) is 2. The van der Waals surface area contributed by atoms with Crippen LogP contribution in [-0.2, 0) is 22.4 Å². The van der Waals surface area contributed by atoms with Crippen LogP contribution in [0.5, 0.6) is 0 Å². The van der Waals surface area contributed by atoms with Gasteiger partial charge in [0, 0.05) is 0 Å². The van der Waals surface area contributed by atoms with Crippen LogP contribution in [0.4, 0.5) is 0 Å². The molecule has 0 N–H and O–H groups in total. The van der Waals surface area contributed by atoms with Crippen LogP contribution in [0.3, 0.4) is 0 Å². The Morgan fingerprint density at radius 1 is 1.00 bits per heavy atom. The van der Waals surface area contributed by atoms with Gasteiger partial charge in [-0.15, -0.1) is 0 Å². The van der Waals surface area contributed by atoms with E-state index in [9.17, 15) is 19.8 Å². The molecule has 0 atom stereocenters. The molecule has 0 aliphatic rings. The van der Waals surface area contributed by atoms with Crippen molar-refractivity contribution in [2.24, 2.45) is 0 Å². The zero-order valence-corrected chi connectivity index (χ0v) is 7.73. The third-order valence-corrected chi connectivity index (χ3v) is 1.33. The molecule has 0 bridgehead atoms. The van der Waals surface area contributed by atoms with E-state index in [1.165, 1.54) is 18.2 Å². The van der Waals surface area contributed by atoms with Crippen molar-refractivity contribution in [3.05, 3.63) is 35.4 Å². The van der Waals surface area contributed by atoms with E-state index in [4.69, 9.17) is 0 Å². The minimum atomic E-state index is -1.40. The van der Waals surface area contributed by atoms with E-state index >= 15 is 0 Å². The maximum atomic E-state index is 10.3. The van der Waals surface area contributed by atoms with E-state index < -0.39 is 11.9 Å².